The first-order chi connectivity index (χ1) is 9.30. The van der Waals surface area contributed by atoms with Gasteiger partial charge in [0, 0.05) is 11.6 Å². The molecule has 0 aliphatic carbocycles. The first-order valence-electron chi connectivity index (χ1n) is 5.38. The molecule has 1 aromatic carbocycles. The van der Waals surface area contributed by atoms with Crippen molar-refractivity contribution in [3.63, 3.8) is 0 Å². The van der Waals surface area contributed by atoms with E-state index in [9.17, 15) is 23.3 Å². The van der Waals surface area contributed by atoms with Crippen LogP contribution >= 0.6 is 0 Å². The second-order valence-corrected chi connectivity index (χ2v) is 3.90. The van der Waals surface area contributed by atoms with E-state index in [1.165, 1.54) is 12.1 Å². The van der Waals surface area contributed by atoms with Gasteiger partial charge in [-0.1, -0.05) is 18.2 Å². The molecule has 20 heavy (non-hydrogen) atoms. The Morgan fingerprint density at radius 1 is 1.15 bits per heavy atom. The Bertz CT molecular complexity index is 671. The van der Waals surface area contributed by atoms with E-state index in [1.54, 1.807) is 0 Å². The standard InChI is InChI=1S/C12H8F3N3O2/c13-12(14,15)8-4-2-1-3-7(8)11-9(18(19)20)5-6-10(16)17-11/h1-6H,(H2,16,17). The van der Waals surface area contributed by atoms with Gasteiger partial charge in [-0.15, -0.1) is 0 Å². The van der Waals surface area contributed by atoms with Gasteiger partial charge in [0.25, 0.3) is 5.69 Å². The van der Waals surface area contributed by atoms with Crippen molar-refractivity contribution >= 4 is 11.5 Å². The number of nitrogen functional groups attached to an aromatic ring is 1. The molecule has 0 radical (unpaired) electrons. The summed E-state index contributed by atoms with van der Waals surface area (Å²) in [4.78, 5) is 13.8. The number of halogens is 3. The minimum atomic E-state index is -4.64. The van der Waals surface area contributed by atoms with Crippen molar-refractivity contribution in [2.24, 2.45) is 0 Å². The molecule has 0 saturated carbocycles. The monoisotopic (exact) mass is 283 g/mol. The molecule has 2 rings (SSSR count). The molecule has 1 aromatic heterocycles. The fraction of sp³-hybridized carbons (Fsp3) is 0.0833. The van der Waals surface area contributed by atoms with Crippen molar-refractivity contribution in [1.29, 1.82) is 0 Å². The Morgan fingerprint density at radius 2 is 1.80 bits per heavy atom. The molecule has 5 nitrogen and oxygen atoms in total. The molecular formula is C12H8F3N3O2. The van der Waals surface area contributed by atoms with Crippen LogP contribution in [0.3, 0.4) is 0 Å². The molecule has 0 bridgehead atoms. The minimum absolute atomic E-state index is 0.0948. The zero-order valence-corrected chi connectivity index (χ0v) is 9.89. The van der Waals surface area contributed by atoms with Crippen LogP contribution in [-0.2, 0) is 6.18 Å². The number of nitrogens with zero attached hydrogens (tertiary/aromatic N) is 2. The molecule has 0 aliphatic heterocycles. The van der Waals surface area contributed by atoms with Crippen LogP contribution in [0.1, 0.15) is 5.56 Å². The summed E-state index contributed by atoms with van der Waals surface area (Å²) in [5.41, 5.74) is 3.10. The first kappa shape index (κ1) is 13.8. The topological polar surface area (TPSA) is 82.0 Å². The average Bonchev–Trinajstić information content (AvgIpc) is 2.37. The number of hydrogen-bond acceptors (Lipinski definition) is 4. The molecular weight excluding hydrogens is 275 g/mol. The summed E-state index contributed by atoms with van der Waals surface area (Å²) in [5.74, 6) is -0.0948. The Balaban J connectivity index is 2.75. The van der Waals surface area contributed by atoms with Crippen molar-refractivity contribution < 1.29 is 18.1 Å². The predicted octanol–water partition coefficient (Wildman–Crippen LogP) is 3.26. The van der Waals surface area contributed by atoms with Gasteiger partial charge in [-0.05, 0) is 12.1 Å². The third-order valence-electron chi connectivity index (χ3n) is 2.58. The summed E-state index contributed by atoms with van der Waals surface area (Å²) in [6.45, 7) is 0. The Hall–Kier alpha value is -2.64. The smallest absolute Gasteiger partial charge is 0.384 e. The second-order valence-electron chi connectivity index (χ2n) is 3.90. The SMILES string of the molecule is Nc1ccc([N+](=O)[O-])c(-c2ccccc2C(F)(F)F)n1. The summed E-state index contributed by atoms with van der Waals surface area (Å²) in [7, 11) is 0. The van der Waals surface area contributed by atoms with Gasteiger partial charge in [0.2, 0.25) is 0 Å². The van der Waals surface area contributed by atoms with Crippen LogP contribution in [0.15, 0.2) is 36.4 Å². The fourth-order valence-corrected chi connectivity index (χ4v) is 1.75. The molecule has 104 valence electrons. The lowest BCUT2D eigenvalue weighted by Gasteiger charge is -2.12. The Kier molecular flexibility index (Phi) is 3.31. The largest absolute Gasteiger partial charge is 0.417 e. The van der Waals surface area contributed by atoms with E-state index in [4.69, 9.17) is 5.73 Å². The number of hydrogen-bond donors (Lipinski definition) is 1. The first-order valence-corrected chi connectivity index (χ1v) is 5.38. The van der Waals surface area contributed by atoms with E-state index < -0.39 is 28.0 Å². The molecule has 0 atom stereocenters. The highest BCUT2D eigenvalue weighted by atomic mass is 19.4. The number of pyridine rings is 1. The van der Waals surface area contributed by atoms with Crippen LogP contribution in [0.5, 0.6) is 0 Å². The van der Waals surface area contributed by atoms with E-state index in [0.717, 1.165) is 24.3 Å². The highest BCUT2D eigenvalue weighted by molar-refractivity contribution is 5.74. The van der Waals surface area contributed by atoms with Crippen LogP contribution in [-0.4, -0.2) is 9.91 Å². The number of nitro groups is 1. The van der Waals surface area contributed by atoms with Gasteiger partial charge in [-0.3, -0.25) is 10.1 Å². The van der Waals surface area contributed by atoms with Crippen LogP contribution in [0, 0.1) is 10.1 Å². The molecule has 0 saturated heterocycles. The Morgan fingerprint density at radius 3 is 2.40 bits per heavy atom. The van der Waals surface area contributed by atoms with Crippen molar-refractivity contribution in [2.45, 2.75) is 6.18 Å². The zero-order valence-electron chi connectivity index (χ0n) is 9.89. The van der Waals surface area contributed by atoms with Crippen LogP contribution in [0.2, 0.25) is 0 Å². The van der Waals surface area contributed by atoms with Crippen molar-refractivity contribution in [2.75, 3.05) is 5.73 Å². The molecule has 0 spiro atoms. The second kappa shape index (κ2) is 4.80. The fourth-order valence-electron chi connectivity index (χ4n) is 1.75. The molecule has 0 fully saturated rings. The summed E-state index contributed by atoms with van der Waals surface area (Å²) in [6, 6.07) is 6.70. The third-order valence-corrected chi connectivity index (χ3v) is 2.58. The summed E-state index contributed by atoms with van der Waals surface area (Å²) < 4.78 is 38.8. The van der Waals surface area contributed by atoms with E-state index >= 15 is 0 Å². The number of anilines is 1. The molecule has 1 heterocycles. The molecule has 0 unspecified atom stereocenters. The number of benzene rings is 1. The molecule has 8 heteroatoms. The van der Waals surface area contributed by atoms with E-state index in [2.05, 4.69) is 4.98 Å². The molecule has 2 N–H and O–H groups in total. The normalized spacial score (nSPS) is 11.3. The number of aromatic nitrogens is 1. The lowest BCUT2D eigenvalue weighted by atomic mass is 10.0. The van der Waals surface area contributed by atoms with E-state index in [0.29, 0.717) is 0 Å². The maximum absolute atomic E-state index is 12.9. The van der Waals surface area contributed by atoms with E-state index in [-0.39, 0.29) is 11.4 Å². The van der Waals surface area contributed by atoms with Gasteiger partial charge in [-0.2, -0.15) is 13.2 Å². The highest BCUT2D eigenvalue weighted by Crippen LogP contribution is 2.39. The lowest BCUT2D eigenvalue weighted by molar-refractivity contribution is -0.384. The van der Waals surface area contributed by atoms with Crippen molar-refractivity contribution in [3.8, 4) is 11.3 Å². The zero-order chi connectivity index (χ0) is 14.9. The van der Waals surface area contributed by atoms with Crippen molar-refractivity contribution in [1.82, 2.24) is 4.98 Å². The van der Waals surface area contributed by atoms with Crippen LogP contribution in [0.4, 0.5) is 24.7 Å². The third kappa shape index (κ3) is 2.53. The molecule has 0 aliphatic rings. The highest BCUT2D eigenvalue weighted by Gasteiger charge is 2.35. The average molecular weight is 283 g/mol. The quantitative estimate of drug-likeness (QED) is 0.677. The Labute approximate surface area is 111 Å². The summed E-state index contributed by atoms with van der Waals surface area (Å²) >= 11 is 0. The van der Waals surface area contributed by atoms with Gasteiger partial charge in [0.05, 0.1) is 10.5 Å². The molecule has 0 amide bonds. The summed E-state index contributed by atoms with van der Waals surface area (Å²) in [5, 5.41) is 10.9. The number of rotatable bonds is 2. The van der Waals surface area contributed by atoms with E-state index in [1.807, 2.05) is 0 Å². The number of alkyl halides is 3. The van der Waals surface area contributed by atoms with Gasteiger partial charge in [0.15, 0.2) is 5.69 Å². The maximum atomic E-state index is 12.9. The predicted molar refractivity (Wildman–Crippen MR) is 65.7 cm³/mol. The van der Waals surface area contributed by atoms with Crippen LogP contribution < -0.4 is 5.73 Å². The van der Waals surface area contributed by atoms with Crippen LogP contribution in [0.25, 0.3) is 11.3 Å². The van der Waals surface area contributed by atoms with Gasteiger partial charge in [-0.25, -0.2) is 4.98 Å². The summed E-state index contributed by atoms with van der Waals surface area (Å²) in [6.07, 6.45) is -4.64. The maximum Gasteiger partial charge on any atom is 0.417 e. The van der Waals surface area contributed by atoms with Gasteiger partial charge in [0.1, 0.15) is 5.82 Å². The van der Waals surface area contributed by atoms with Gasteiger partial charge >= 0.3 is 6.18 Å². The van der Waals surface area contributed by atoms with Gasteiger partial charge < -0.3 is 5.73 Å². The van der Waals surface area contributed by atoms with Crippen molar-refractivity contribution in [3.05, 3.63) is 52.1 Å². The minimum Gasteiger partial charge on any atom is -0.384 e. The lowest BCUT2D eigenvalue weighted by Crippen LogP contribution is -2.08. The molecule has 2 aromatic rings. The number of nitrogens with two attached hydrogens (primary N) is 1.